The van der Waals surface area contributed by atoms with E-state index >= 15 is 0 Å². The van der Waals surface area contributed by atoms with Crippen molar-refractivity contribution in [3.8, 4) is 0 Å². The number of hydrogen-bond donors (Lipinski definition) is 2. The van der Waals surface area contributed by atoms with Gasteiger partial charge in [-0.05, 0) is 56.5 Å². The number of nitrogens with one attached hydrogen (secondary N) is 1. The molecule has 1 saturated carbocycles. The number of rotatable bonds is 5. The molecule has 0 radical (unpaired) electrons. The molecule has 2 aliphatic rings. The van der Waals surface area contributed by atoms with Crippen LogP contribution in [0.4, 0.5) is 0 Å². The lowest BCUT2D eigenvalue weighted by molar-refractivity contribution is -0.126. The maximum absolute atomic E-state index is 12.5. The molecular weight excluding hydrogens is 310 g/mol. The van der Waals surface area contributed by atoms with E-state index in [0.717, 1.165) is 49.4 Å². The van der Waals surface area contributed by atoms with Crippen LogP contribution in [0.15, 0.2) is 24.3 Å². The van der Waals surface area contributed by atoms with E-state index < -0.39 is 5.54 Å². The molecule has 3 rings (SSSR count). The molecule has 1 atom stereocenters. The summed E-state index contributed by atoms with van der Waals surface area (Å²) in [5, 5.41) is 3.85. The van der Waals surface area contributed by atoms with Crippen molar-refractivity contribution >= 4 is 17.5 Å². The van der Waals surface area contributed by atoms with Crippen molar-refractivity contribution in [2.75, 3.05) is 19.6 Å². The molecule has 5 heteroatoms. The summed E-state index contributed by atoms with van der Waals surface area (Å²) in [5.74, 6) is 0.00113. The first-order valence-electron chi connectivity index (χ1n) is 8.65. The summed E-state index contributed by atoms with van der Waals surface area (Å²) < 4.78 is 0. The second-order valence-corrected chi connectivity index (χ2v) is 7.32. The Balaban J connectivity index is 1.70. The molecule has 0 spiro atoms. The van der Waals surface area contributed by atoms with Crippen LogP contribution in [-0.4, -0.2) is 36.0 Å². The van der Waals surface area contributed by atoms with Gasteiger partial charge in [-0.2, -0.15) is 0 Å². The lowest BCUT2D eigenvalue weighted by Crippen LogP contribution is -2.53. The molecule has 1 unspecified atom stereocenters. The van der Waals surface area contributed by atoms with E-state index in [1.54, 1.807) is 0 Å². The van der Waals surface area contributed by atoms with Crippen LogP contribution in [0.2, 0.25) is 5.02 Å². The fourth-order valence-corrected chi connectivity index (χ4v) is 4.02. The zero-order valence-corrected chi connectivity index (χ0v) is 14.3. The number of likely N-dealkylation sites (tertiary alicyclic amines) is 1. The number of nitrogens with two attached hydrogens (primary N) is 1. The van der Waals surface area contributed by atoms with Crippen molar-refractivity contribution in [3.05, 3.63) is 34.9 Å². The SMILES string of the molecule is NC1(C(=O)NCC(c2cccc(Cl)c2)N2CCCC2)CCCC1. The first-order chi connectivity index (χ1) is 11.1. The molecule has 1 amide bonds. The quantitative estimate of drug-likeness (QED) is 0.870. The molecule has 2 fully saturated rings. The van der Waals surface area contributed by atoms with E-state index in [1.165, 1.54) is 12.8 Å². The van der Waals surface area contributed by atoms with E-state index in [2.05, 4.69) is 16.3 Å². The van der Waals surface area contributed by atoms with Gasteiger partial charge in [0.15, 0.2) is 0 Å². The maximum atomic E-state index is 12.5. The number of hydrogen-bond acceptors (Lipinski definition) is 3. The van der Waals surface area contributed by atoms with Gasteiger partial charge in [0.1, 0.15) is 0 Å². The Hall–Kier alpha value is -1.10. The second kappa shape index (κ2) is 7.20. The number of amides is 1. The van der Waals surface area contributed by atoms with Crippen LogP contribution in [0.1, 0.15) is 50.1 Å². The van der Waals surface area contributed by atoms with Gasteiger partial charge < -0.3 is 11.1 Å². The normalized spacial score (nSPS) is 22.2. The average molecular weight is 336 g/mol. The zero-order chi connectivity index (χ0) is 16.3. The van der Waals surface area contributed by atoms with Gasteiger partial charge in [0.05, 0.1) is 11.6 Å². The van der Waals surface area contributed by atoms with Gasteiger partial charge in [0.25, 0.3) is 0 Å². The first-order valence-corrected chi connectivity index (χ1v) is 9.03. The predicted molar refractivity (Wildman–Crippen MR) is 93.4 cm³/mol. The summed E-state index contributed by atoms with van der Waals surface area (Å²) in [7, 11) is 0. The van der Waals surface area contributed by atoms with Crippen LogP contribution in [0.3, 0.4) is 0 Å². The second-order valence-electron chi connectivity index (χ2n) is 6.89. The number of nitrogens with zero attached hydrogens (tertiary/aromatic N) is 1. The minimum Gasteiger partial charge on any atom is -0.353 e. The van der Waals surface area contributed by atoms with Gasteiger partial charge >= 0.3 is 0 Å². The van der Waals surface area contributed by atoms with Gasteiger partial charge in [-0.3, -0.25) is 9.69 Å². The Morgan fingerprint density at radius 1 is 1.26 bits per heavy atom. The molecule has 23 heavy (non-hydrogen) atoms. The zero-order valence-electron chi connectivity index (χ0n) is 13.6. The third-order valence-corrected chi connectivity index (χ3v) is 5.45. The highest BCUT2D eigenvalue weighted by molar-refractivity contribution is 6.30. The number of carbonyl (C=O) groups excluding carboxylic acids is 1. The van der Waals surface area contributed by atoms with Crippen molar-refractivity contribution in [3.63, 3.8) is 0 Å². The molecule has 1 aromatic rings. The number of benzene rings is 1. The molecule has 1 aliphatic carbocycles. The largest absolute Gasteiger partial charge is 0.353 e. The Morgan fingerprint density at radius 2 is 1.96 bits per heavy atom. The summed E-state index contributed by atoms with van der Waals surface area (Å²) in [6.07, 6.45) is 6.12. The standard InChI is InChI=1S/C18H26ClN3O/c19-15-7-5-6-14(12-15)16(22-10-3-4-11-22)13-21-17(23)18(20)8-1-2-9-18/h5-7,12,16H,1-4,8-11,13,20H2,(H,21,23). The molecule has 126 valence electrons. The van der Waals surface area contributed by atoms with Crippen LogP contribution in [0, 0.1) is 0 Å². The van der Waals surface area contributed by atoms with Crippen molar-refractivity contribution in [1.29, 1.82) is 0 Å². The van der Waals surface area contributed by atoms with Crippen molar-refractivity contribution < 1.29 is 4.79 Å². The third-order valence-electron chi connectivity index (χ3n) is 5.22. The molecule has 1 heterocycles. The molecule has 4 nitrogen and oxygen atoms in total. The summed E-state index contributed by atoms with van der Waals surface area (Å²) in [6.45, 7) is 2.74. The number of carbonyl (C=O) groups is 1. The van der Waals surface area contributed by atoms with Crippen LogP contribution >= 0.6 is 11.6 Å². The minimum atomic E-state index is -0.663. The molecule has 0 bridgehead atoms. The van der Waals surface area contributed by atoms with Gasteiger partial charge in [0.2, 0.25) is 5.91 Å². The molecule has 3 N–H and O–H groups in total. The minimum absolute atomic E-state index is 0.00113. The summed E-state index contributed by atoms with van der Waals surface area (Å²) in [6, 6.07) is 8.13. The fourth-order valence-electron chi connectivity index (χ4n) is 3.82. The third kappa shape index (κ3) is 3.87. The monoisotopic (exact) mass is 335 g/mol. The van der Waals surface area contributed by atoms with Crippen molar-refractivity contribution in [2.45, 2.75) is 50.1 Å². The summed E-state index contributed by atoms with van der Waals surface area (Å²) in [5.41, 5.74) is 6.76. The Labute approximate surface area is 143 Å². The molecule has 1 saturated heterocycles. The lowest BCUT2D eigenvalue weighted by Gasteiger charge is -2.30. The van der Waals surface area contributed by atoms with Crippen LogP contribution in [0.5, 0.6) is 0 Å². The van der Waals surface area contributed by atoms with E-state index in [4.69, 9.17) is 17.3 Å². The maximum Gasteiger partial charge on any atom is 0.240 e. The van der Waals surface area contributed by atoms with Crippen LogP contribution in [0.25, 0.3) is 0 Å². The van der Waals surface area contributed by atoms with Gasteiger partial charge in [-0.1, -0.05) is 36.6 Å². The van der Waals surface area contributed by atoms with Crippen LogP contribution in [-0.2, 0) is 4.79 Å². The molecule has 1 aliphatic heterocycles. The highest BCUT2D eigenvalue weighted by atomic mass is 35.5. The average Bonchev–Trinajstić information content (AvgIpc) is 3.20. The van der Waals surface area contributed by atoms with E-state index in [9.17, 15) is 4.79 Å². The van der Waals surface area contributed by atoms with Crippen molar-refractivity contribution in [1.82, 2.24) is 10.2 Å². The highest BCUT2D eigenvalue weighted by Crippen LogP contribution is 2.29. The first kappa shape index (κ1) is 16.7. The van der Waals surface area contributed by atoms with E-state index in [0.29, 0.717) is 6.54 Å². The lowest BCUT2D eigenvalue weighted by atomic mass is 9.97. The van der Waals surface area contributed by atoms with Gasteiger partial charge in [-0.15, -0.1) is 0 Å². The van der Waals surface area contributed by atoms with Gasteiger partial charge in [0, 0.05) is 11.6 Å². The van der Waals surface area contributed by atoms with Gasteiger partial charge in [-0.25, -0.2) is 0 Å². The number of halogens is 1. The van der Waals surface area contributed by atoms with Crippen LogP contribution < -0.4 is 11.1 Å². The molecule has 0 aromatic heterocycles. The molecular formula is C18H26ClN3O. The Bertz CT molecular complexity index is 551. The van der Waals surface area contributed by atoms with Crippen molar-refractivity contribution in [2.24, 2.45) is 5.73 Å². The summed E-state index contributed by atoms with van der Waals surface area (Å²) in [4.78, 5) is 14.9. The highest BCUT2D eigenvalue weighted by Gasteiger charge is 2.37. The topological polar surface area (TPSA) is 58.4 Å². The molecule has 1 aromatic carbocycles. The van der Waals surface area contributed by atoms with E-state index in [-0.39, 0.29) is 11.9 Å². The fraction of sp³-hybridized carbons (Fsp3) is 0.611. The Kier molecular flexibility index (Phi) is 5.24. The smallest absolute Gasteiger partial charge is 0.240 e. The Morgan fingerprint density at radius 3 is 2.61 bits per heavy atom. The predicted octanol–water partition coefficient (Wildman–Crippen LogP) is 2.86. The summed E-state index contributed by atoms with van der Waals surface area (Å²) >= 11 is 6.16. The van der Waals surface area contributed by atoms with E-state index in [1.807, 2.05) is 18.2 Å².